The smallest absolute Gasteiger partial charge is 0.253 e. The van der Waals surface area contributed by atoms with Gasteiger partial charge < -0.3 is 0 Å². The lowest BCUT2D eigenvalue weighted by atomic mass is 10.2. The van der Waals surface area contributed by atoms with E-state index in [9.17, 15) is 22.0 Å². The Labute approximate surface area is 97.9 Å². The van der Waals surface area contributed by atoms with Crippen molar-refractivity contribution >= 4 is 31.9 Å². The van der Waals surface area contributed by atoms with E-state index in [2.05, 4.69) is 36.8 Å². The van der Waals surface area contributed by atoms with Crippen LogP contribution in [-0.2, 0) is 6.18 Å². The van der Waals surface area contributed by atoms with E-state index in [1.54, 1.807) is 0 Å². The quantitative estimate of drug-likeness (QED) is 0.673. The molecule has 1 heterocycles. The summed E-state index contributed by atoms with van der Waals surface area (Å²) in [6.45, 7) is 0. The van der Waals surface area contributed by atoms with Crippen molar-refractivity contribution in [1.82, 2.24) is 4.98 Å². The number of rotatable bonds is 1. The van der Waals surface area contributed by atoms with Crippen molar-refractivity contribution in [2.24, 2.45) is 0 Å². The molecule has 0 aliphatic rings. The van der Waals surface area contributed by atoms with Gasteiger partial charge in [-0.2, -0.15) is 13.2 Å². The Morgan fingerprint density at radius 2 is 1.73 bits per heavy atom. The molecule has 0 spiro atoms. The van der Waals surface area contributed by atoms with Crippen LogP contribution >= 0.6 is 31.9 Å². The second-order valence-electron chi connectivity index (χ2n) is 2.48. The summed E-state index contributed by atoms with van der Waals surface area (Å²) in [6, 6.07) is 0. The number of halogens is 7. The van der Waals surface area contributed by atoms with Crippen LogP contribution in [0.3, 0.4) is 0 Å². The third-order valence-corrected chi connectivity index (χ3v) is 2.89. The molecule has 0 saturated carbocycles. The minimum atomic E-state index is -4.72. The topological polar surface area (TPSA) is 12.9 Å². The molecule has 0 amide bonds. The van der Waals surface area contributed by atoms with Gasteiger partial charge in [-0.3, -0.25) is 4.98 Å². The van der Waals surface area contributed by atoms with Gasteiger partial charge in [0.25, 0.3) is 6.43 Å². The van der Waals surface area contributed by atoms with Crippen LogP contribution in [0.5, 0.6) is 0 Å². The van der Waals surface area contributed by atoms with Gasteiger partial charge in [-0.25, -0.2) is 8.78 Å². The molecule has 15 heavy (non-hydrogen) atoms. The second-order valence-corrected chi connectivity index (χ2v) is 4.13. The molecule has 0 aliphatic carbocycles. The molecule has 1 nitrogen and oxygen atoms in total. The Morgan fingerprint density at radius 1 is 1.20 bits per heavy atom. The molecule has 0 radical (unpaired) electrons. The fourth-order valence-corrected chi connectivity index (χ4v) is 2.40. The van der Waals surface area contributed by atoms with Gasteiger partial charge in [0.05, 0.1) is 10.0 Å². The number of hydrogen-bond acceptors (Lipinski definition) is 1. The predicted molar refractivity (Wildman–Crippen MR) is 49.6 cm³/mol. The first-order valence-electron chi connectivity index (χ1n) is 3.44. The van der Waals surface area contributed by atoms with Crippen LogP contribution in [-0.4, -0.2) is 4.98 Å². The van der Waals surface area contributed by atoms with Crippen LogP contribution in [0.2, 0.25) is 0 Å². The average molecular weight is 355 g/mol. The molecule has 84 valence electrons. The Hall–Kier alpha value is -0.240. The van der Waals surface area contributed by atoms with Crippen molar-refractivity contribution in [3.8, 4) is 0 Å². The minimum Gasteiger partial charge on any atom is -0.253 e. The molecule has 0 N–H and O–H groups in total. The van der Waals surface area contributed by atoms with Crippen molar-refractivity contribution in [1.29, 1.82) is 0 Å². The number of alkyl halides is 5. The normalized spacial score (nSPS) is 12.3. The Balaban J connectivity index is 3.44. The van der Waals surface area contributed by atoms with Gasteiger partial charge in [-0.15, -0.1) is 0 Å². The van der Waals surface area contributed by atoms with E-state index in [0.717, 1.165) is 0 Å². The summed E-state index contributed by atoms with van der Waals surface area (Å²) >= 11 is 5.08. The highest BCUT2D eigenvalue weighted by Gasteiger charge is 2.37. The van der Waals surface area contributed by atoms with E-state index in [1.165, 1.54) is 0 Å². The summed E-state index contributed by atoms with van der Waals surface area (Å²) in [4.78, 5) is 3.21. The zero-order chi connectivity index (χ0) is 11.8. The third-order valence-electron chi connectivity index (χ3n) is 1.49. The van der Waals surface area contributed by atoms with Crippen LogP contribution in [0, 0.1) is 0 Å². The van der Waals surface area contributed by atoms with E-state index >= 15 is 0 Å². The molecule has 8 heteroatoms. The molecule has 1 aromatic heterocycles. The Kier molecular flexibility index (Phi) is 3.70. The first-order chi connectivity index (χ1) is 6.75. The van der Waals surface area contributed by atoms with Crippen molar-refractivity contribution in [2.75, 3.05) is 0 Å². The van der Waals surface area contributed by atoms with Crippen molar-refractivity contribution in [3.63, 3.8) is 0 Å². The van der Waals surface area contributed by atoms with Crippen LogP contribution in [0.1, 0.15) is 17.7 Å². The maximum absolute atomic E-state index is 12.4. The molecule has 0 saturated heterocycles. The summed E-state index contributed by atoms with van der Waals surface area (Å²) in [6.07, 6.45) is -7.08. The highest BCUT2D eigenvalue weighted by Crippen LogP contribution is 2.42. The zero-order valence-electron chi connectivity index (χ0n) is 6.75. The van der Waals surface area contributed by atoms with Gasteiger partial charge in [-0.05, 0) is 31.9 Å². The highest BCUT2D eigenvalue weighted by atomic mass is 79.9. The Bertz CT molecular complexity index is 376. The summed E-state index contributed by atoms with van der Waals surface area (Å²) in [5.74, 6) is 0. The molecule has 0 bridgehead atoms. The molecule has 0 fully saturated rings. The monoisotopic (exact) mass is 353 g/mol. The maximum atomic E-state index is 12.4. The van der Waals surface area contributed by atoms with E-state index in [1.807, 2.05) is 0 Å². The number of nitrogens with zero attached hydrogens (tertiary/aromatic N) is 1. The molecule has 0 unspecified atom stereocenters. The van der Waals surface area contributed by atoms with Crippen LogP contribution < -0.4 is 0 Å². The first-order valence-corrected chi connectivity index (χ1v) is 5.03. The van der Waals surface area contributed by atoms with Gasteiger partial charge in [0.2, 0.25) is 0 Å². The molecule has 0 aliphatic heterocycles. The van der Waals surface area contributed by atoms with Crippen molar-refractivity contribution < 1.29 is 22.0 Å². The SMILES string of the molecule is FC(F)c1ncc(Br)c(C(F)(F)F)c1Br. The van der Waals surface area contributed by atoms with Crippen LogP contribution in [0.15, 0.2) is 15.1 Å². The van der Waals surface area contributed by atoms with Crippen LogP contribution in [0.25, 0.3) is 0 Å². The van der Waals surface area contributed by atoms with Gasteiger partial charge in [-0.1, -0.05) is 0 Å². The lowest BCUT2D eigenvalue weighted by Crippen LogP contribution is -2.10. The van der Waals surface area contributed by atoms with E-state index in [0.29, 0.717) is 6.20 Å². The zero-order valence-corrected chi connectivity index (χ0v) is 9.92. The van der Waals surface area contributed by atoms with Gasteiger partial charge in [0, 0.05) is 10.7 Å². The van der Waals surface area contributed by atoms with Crippen LogP contribution in [0.4, 0.5) is 22.0 Å². The van der Waals surface area contributed by atoms with E-state index < -0.39 is 28.3 Å². The summed E-state index contributed by atoms with van der Waals surface area (Å²) in [5.41, 5.74) is -2.11. The Morgan fingerprint density at radius 3 is 2.13 bits per heavy atom. The summed E-state index contributed by atoms with van der Waals surface area (Å²) in [5, 5.41) is 0. The van der Waals surface area contributed by atoms with E-state index in [-0.39, 0.29) is 4.47 Å². The lowest BCUT2D eigenvalue weighted by Gasteiger charge is -2.13. The maximum Gasteiger partial charge on any atom is 0.418 e. The van der Waals surface area contributed by atoms with E-state index in [4.69, 9.17) is 0 Å². The predicted octanol–water partition coefficient (Wildman–Crippen LogP) is 4.56. The molecule has 1 aromatic rings. The third kappa shape index (κ3) is 2.66. The average Bonchev–Trinajstić information content (AvgIpc) is 2.00. The van der Waals surface area contributed by atoms with Gasteiger partial charge >= 0.3 is 6.18 Å². The fourth-order valence-electron chi connectivity index (χ4n) is 0.892. The standard InChI is InChI=1S/C7H2Br2F5N/c8-2-1-15-5(6(10)11)4(9)3(2)7(12,13)14/h1,6H. The lowest BCUT2D eigenvalue weighted by molar-refractivity contribution is -0.139. The summed E-state index contributed by atoms with van der Waals surface area (Å²) < 4.78 is 60.6. The molecular formula is C7H2Br2F5N. The molecule has 0 atom stereocenters. The largest absolute Gasteiger partial charge is 0.418 e. The summed E-state index contributed by atoms with van der Waals surface area (Å²) in [7, 11) is 0. The second kappa shape index (κ2) is 4.32. The molecular weight excluding hydrogens is 353 g/mol. The fraction of sp³-hybridized carbons (Fsp3) is 0.286. The highest BCUT2D eigenvalue weighted by molar-refractivity contribution is 9.11. The number of hydrogen-bond donors (Lipinski definition) is 0. The number of aromatic nitrogens is 1. The van der Waals surface area contributed by atoms with Gasteiger partial charge in [0.1, 0.15) is 5.69 Å². The number of pyridine rings is 1. The first kappa shape index (κ1) is 12.8. The van der Waals surface area contributed by atoms with Crippen molar-refractivity contribution in [2.45, 2.75) is 12.6 Å². The van der Waals surface area contributed by atoms with Gasteiger partial charge in [0.15, 0.2) is 0 Å². The van der Waals surface area contributed by atoms with Crippen molar-refractivity contribution in [3.05, 3.63) is 26.4 Å². The minimum absolute atomic E-state index is 0.383. The molecule has 1 rings (SSSR count). The molecule has 0 aromatic carbocycles.